The summed E-state index contributed by atoms with van der Waals surface area (Å²) in [5.41, 5.74) is 0. The summed E-state index contributed by atoms with van der Waals surface area (Å²) in [5, 5.41) is 4.21. The Hall–Kier alpha value is 0.270. The third kappa shape index (κ3) is 9.42. The minimum atomic E-state index is 0. The molecular weight excluding hydrogens is 413 g/mol. The van der Waals surface area contributed by atoms with Crippen LogP contribution in [0.4, 0.5) is 0 Å². The van der Waals surface area contributed by atoms with E-state index >= 15 is 0 Å². The SMILES string of the molecule is CCC1CN(C(=NC)NCCCCOCCOC)CCS1.I. The van der Waals surface area contributed by atoms with Crippen LogP contribution in [0.2, 0.25) is 0 Å². The maximum Gasteiger partial charge on any atom is 0.193 e. The van der Waals surface area contributed by atoms with Crippen LogP contribution in [0.25, 0.3) is 0 Å². The molecule has 1 unspecified atom stereocenters. The summed E-state index contributed by atoms with van der Waals surface area (Å²) in [6.45, 7) is 7.61. The van der Waals surface area contributed by atoms with Crippen molar-refractivity contribution in [1.29, 1.82) is 0 Å². The average molecular weight is 445 g/mol. The molecule has 0 radical (unpaired) electrons. The first-order chi connectivity index (χ1) is 10.3. The molecule has 5 nitrogen and oxygen atoms in total. The molecule has 1 N–H and O–H groups in total. The first-order valence-corrected chi connectivity index (χ1v) is 9.00. The van der Waals surface area contributed by atoms with Crippen LogP contribution in [0.3, 0.4) is 0 Å². The quantitative estimate of drug-likeness (QED) is 0.256. The zero-order valence-electron chi connectivity index (χ0n) is 14.2. The van der Waals surface area contributed by atoms with Gasteiger partial charge in [-0.05, 0) is 19.3 Å². The maximum absolute atomic E-state index is 5.46. The second-order valence-corrected chi connectivity index (χ2v) is 6.54. The topological polar surface area (TPSA) is 46.1 Å². The molecule has 1 atom stereocenters. The summed E-state index contributed by atoms with van der Waals surface area (Å²) in [5.74, 6) is 2.25. The van der Waals surface area contributed by atoms with E-state index in [2.05, 4.69) is 33.9 Å². The third-order valence-corrected chi connectivity index (χ3v) is 4.91. The fourth-order valence-electron chi connectivity index (χ4n) is 2.26. The van der Waals surface area contributed by atoms with Gasteiger partial charge in [0.25, 0.3) is 0 Å². The molecule has 0 aromatic carbocycles. The standard InChI is InChI=1S/C15H31N3O2S.HI/c1-4-14-13-18(8-12-21-14)15(16-2)17-7-5-6-9-20-11-10-19-3;/h14H,4-13H2,1-3H3,(H,16,17);1H. The summed E-state index contributed by atoms with van der Waals surface area (Å²) in [7, 11) is 3.57. The summed E-state index contributed by atoms with van der Waals surface area (Å²) in [6, 6.07) is 0. The van der Waals surface area contributed by atoms with Gasteiger partial charge in [-0.1, -0.05) is 6.92 Å². The van der Waals surface area contributed by atoms with E-state index in [1.54, 1.807) is 7.11 Å². The molecule has 0 spiro atoms. The normalized spacial score (nSPS) is 19.0. The van der Waals surface area contributed by atoms with Gasteiger partial charge in [0.2, 0.25) is 0 Å². The number of rotatable bonds is 9. The van der Waals surface area contributed by atoms with Crippen LogP contribution in [-0.2, 0) is 9.47 Å². The average Bonchev–Trinajstić information content (AvgIpc) is 2.53. The van der Waals surface area contributed by atoms with Crippen LogP contribution in [-0.4, -0.2) is 75.5 Å². The van der Waals surface area contributed by atoms with Gasteiger partial charge in [0.05, 0.1) is 13.2 Å². The second kappa shape index (κ2) is 14.8. The molecule has 1 heterocycles. The van der Waals surface area contributed by atoms with Gasteiger partial charge in [-0.3, -0.25) is 4.99 Å². The van der Waals surface area contributed by atoms with Crippen LogP contribution < -0.4 is 5.32 Å². The van der Waals surface area contributed by atoms with Gasteiger partial charge in [0, 0.05) is 51.4 Å². The fourth-order valence-corrected chi connectivity index (χ4v) is 3.44. The Morgan fingerprint density at radius 3 is 2.82 bits per heavy atom. The van der Waals surface area contributed by atoms with E-state index < -0.39 is 0 Å². The summed E-state index contributed by atoms with van der Waals surface area (Å²) < 4.78 is 10.4. The van der Waals surface area contributed by atoms with Gasteiger partial charge >= 0.3 is 0 Å². The van der Waals surface area contributed by atoms with E-state index in [1.807, 2.05) is 7.05 Å². The Bertz CT molecular complexity index is 296. The number of halogens is 1. The zero-order valence-corrected chi connectivity index (χ0v) is 17.3. The summed E-state index contributed by atoms with van der Waals surface area (Å²) in [6.07, 6.45) is 3.41. The first-order valence-electron chi connectivity index (χ1n) is 7.95. The van der Waals surface area contributed by atoms with Crippen molar-refractivity contribution in [1.82, 2.24) is 10.2 Å². The molecular formula is C15H32IN3O2S. The molecule has 0 bridgehead atoms. The van der Waals surface area contributed by atoms with Crippen LogP contribution in [0.1, 0.15) is 26.2 Å². The molecule has 0 amide bonds. The van der Waals surface area contributed by atoms with E-state index in [0.717, 1.165) is 50.3 Å². The van der Waals surface area contributed by atoms with Gasteiger partial charge in [-0.2, -0.15) is 11.8 Å². The number of aliphatic imine (C=N–C) groups is 1. The minimum absolute atomic E-state index is 0. The Morgan fingerprint density at radius 1 is 1.32 bits per heavy atom. The van der Waals surface area contributed by atoms with Crippen molar-refractivity contribution in [3.63, 3.8) is 0 Å². The molecule has 22 heavy (non-hydrogen) atoms. The third-order valence-electron chi connectivity index (χ3n) is 3.54. The summed E-state index contributed by atoms with van der Waals surface area (Å²) in [4.78, 5) is 6.80. The van der Waals surface area contributed by atoms with Crippen molar-refractivity contribution in [2.24, 2.45) is 4.99 Å². The molecule has 1 saturated heterocycles. The molecule has 1 aliphatic rings. The van der Waals surface area contributed by atoms with Crippen molar-refractivity contribution >= 4 is 41.7 Å². The highest BCUT2D eigenvalue weighted by molar-refractivity contribution is 14.0. The molecule has 0 aromatic rings. The smallest absolute Gasteiger partial charge is 0.193 e. The monoisotopic (exact) mass is 445 g/mol. The lowest BCUT2D eigenvalue weighted by atomic mass is 10.3. The van der Waals surface area contributed by atoms with E-state index in [1.165, 1.54) is 12.2 Å². The molecule has 132 valence electrons. The fraction of sp³-hybridized carbons (Fsp3) is 0.933. The highest BCUT2D eigenvalue weighted by Crippen LogP contribution is 2.20. The number of methoxy groups -OCH3 is 1. The van der Waals surface area contributed by atoms with Crippen molar-refractivity contribution in [2.75, 3.05) is 59.4 Å². The number of thioether (sulfide) groups is 1. The number of ether oxygens (including phenoxy) is 2. The number of unbranched alkanes of at least 4 members (excludes halogenated alkanes) is 1. The molecule has 0 aliphatic carbocycles. The largest absolute Gasteiger partial charge is 0.382 e. The van der Waals surface area contributed by atoms with E-state index in [-0.39, 0.29) is 24.0 Å². The van der Waals surface area contributed by atoms with Gasteiger partial charge < -0.3 is 19.7 Å². The first kappa shape index (κ1) is 22.3. The number of hydrogen-bond donors (Lipinski definition) is 1. The van der Waals surface area contributed by atoms with Crippen LogP contribution in [0, 0.1) is 0 Å². The van der Waals surface area contributed by atoms with Crippen molar-refractivity contribution in [3.8, 4) is 0 Å². The Morgan fingerprint density at radius 2 is 2.14 bits per heavy atom. The lowest BCUT2D eigenvalue weighted by Crippen LogP contribution is -2.48. The molecule has 1 aliphatic heterocycles. The predicted molar refractivity (Wildman–Crippen MR) is 107 cm³/mol. The Balaban J connectivity index is 0.00000441. The van der Waals surface area contributed by atoms with Gasteiger partial charge in [-0.15, -0.1) is 24.0 Å². The van der Waals surface area contributed by atoms with Gasteiger partial charge in [-0.25, -0.2) is 0 Å². The highest BCUT2D eigenvalue weighted by Gasteiger charge is 2.21. The van der Waals surface area contributed by atoms with Crippen LogP contribution >= 0.6 is 35.7 Å². The number of guanidine groups is 1. The van der Waals surface area contributed by atoms with Crippen molar-refractivity contribution in [3.05, 3.63) is 0 Å². The van der Waals surface area contributed by atoms with Crippen LogP contribution in [0.15, 0.2) is 4.99 Å². The van der Waals surface area contributed by atoms with Crippen molar-refractivity contribution in [2.45, 2.75) is 31.4 Å². The Kier molecular flexibility index (Phi) is 15.0. The molecule has 7 heteroatoms. The number of hydrogen-bond acceptors (Lipinski definition) is 4. The van der Waals surface area contributed by atoms with Crippen LogP contribution in [0.5, 0.6) is 0 Å². The Labute approximate surface area is 157 Å². The molecule has 1 rings (SSSR count). The van der Waals surface area contributed by atoms with E-state index in [0.29, 0.717) is 13.2 Å². The summed E-state index contributed by atoms with van der Waals surface area (Å²) >= 11 is 2.09. The molecule has 0 saturated carbocycles. The van der Waals surface area contributed by atoms with E-state index in [9.17, 15) is 0 Å². The lowest BCUT2D eigenvalue weighted by molar-refractivity contribution is 0.0689. The molecule has 0 aromatic heterocycles. The molecule has 1 fully saturated rings. The second-order valence-electron chi connectivity index (χ2n) is 5.13. The minimum Gasteiger partial charge on any atom is -0.382 e. The van der Waals surface area contributed by atoms with E-state index in [4.69, 9.17) is 9.47 Å². The predicted octanol–water partition coefficient (Wildman–Crippen LogP) is 2.45. The van der Waals surface area contributed by atoms with Crippen molar-refractivity contribution < 1.29 is 9.47 Å². The zero-order chi connectivity index (χ0) is 15.3. The lowest BCUT2D eigenvalue weighted by Gasteiger charge is -2.34. The van der Waals surface area contributed by atoms with Gasteiger partial charge in [0.1, 0.15) is 0 Å². The number of nitrogens with one attached hydrogen (secondary N) is 1. The van der Waals surface area contributed by atoms with Gasteiger partial charge in [0.15, 0.2) is 5.96 Å². The highest BCUT2D eigenvalue weighted by atomic mass is 127. The number of nitrogens with zero attached hydrogens (tertiary/aromatic N) is 2. The maximum atomic E-state index is 5.46.